The molecule has 3 heterocycles. The first-order chi connectivity index (χ1) is 15.7. The van der Waals surface area contributed by atoms with E-state index in [2.05, 4.69) is 4.90 Å². The topological polar surface area (TPSA) is 64.1 Å². The summed E-state index contributed by atoms with van der Waals surface area (Å²) in [4.78, 5) is 22.3. The molecule has 5 rings (SSSR count). The SMILES string of the molecule is Cl.O=C(Cc1ccc2c(c1)OCO2)N(CCCN1CCOCC1)c1nc2c(Cl)cccc2s1. The summed E-state index contributed by atoms with van der Waals surface area (Å²) in [5.41, 5.74) is 1.62. The van der Waals surface area contributed by atoms with Crippen molar-refractivity contribution in [2.24, 2.45) is 0 Å². The van der Waals surface area contributed by atoms with Gasteiger partial charge in [-0.3, -0.25) is 14.6 Å². The third-order valence-corrected chi connectivity index (χ3v) is 6.99. The maximum atomic E-state index is 13.4. The van der Waals surface area contributed by atoms with E-state index in [0.717, 1.165) is 55.0 Å². The van der Waals surface area contributed by atoms with Gasteiger partial charge in [-0.2, -0.15) is 0 Å². The van der Waals surface area contributed by atoms with E-state index in [1.807, 2.05) is 36.4 Å². The summed E-state index contributed by atoms with van der Waals surface area (Å²) in [5.74, 6) is 1.39. The van der Waals surface area contributed by atoms with Gasteiger partial charge in [-0.1, -0.05) is 35.1 Å². The molecule has 0 bridgehead atoms. The van der Waals surface area contributed by atoms with Crippen molar-refractivity contribution in [1.82, 2.24) is 9.88 Å². The van der Waals surface area contributed by atoms with E-state index < -0.39 is 0 Å². The van der Waals surface area contributed by atoms with Gasteiger partial charge in [0.2, 0.25) is 12.7 Å². The molecule has 2 aromatic carbocycles. The number of rotatable bonds is 7. The second-order valence-electron chi connectivity index (χ2n) is 7.80. The number of fused-ring (bicyclic) bond motifs is 2. The summed E-state index contributed by atoms with van der Waals surface area (Å²) in [5, 5.41) is 1.28. The van der Waals surface area contributed by atoms with Crippen molar-refractivity contribution in [2.75, 3.05) is 51.1 Å². The highest BCUT2D eigenvalue weighted by Gasteiger charge is 2.22. The number of carbonyl (C=O) groups excluding carboxylic acids is 1. The highest BCUT2D eigenvalue weighted by atomic mass is 35.5. The zero-order chi connectivity index (χ0) is 21.9. The number of anilines is 1. The molecule has 3 aromatic rings. The predicted molar refractivity (Wildman–Crippen MR) is 132 cm³/mol. The molecule has 0 spiro atoms. The van der Waals surface area contributed by atoms with Crippen LogP contribution in [0.5, 0.6) is 11.5 Å². The fourth-order valence-electron chi connectivity index (χ4n) is 3.94. The van der Waals surface area contributed by atoms with Crippen LogP contribution in [-0.2, 0) is 16.0 Å². The summed E-state index contributed by atoms with van der Waals surface area (Å²) >= 11 is 7.84. The van der Waals surface area contributed by atoms with E-state index in [4.69, 9.17) is 30.8 Å². The number of thiazole rings is 1. The number of morpholine rings is 1. The molecule has 1 amide bonds. The lowest BCUT2D eigenvalue weighted by molar-refractivity contribution is -0.118. The largest absolute Gasteiger partial charge is 0.454 e. The van der Waals surface area contributed by atoms with Crippen molar-refractivity contribution < 1.29 is 19.0 Å². The van der Waals surface area contributed by atoms with E-state index in [0.29, 0.717) is 28.2 Å². The van der Waals surface area contributed by atoms with Gasteiger partial charge in [-0.05, 0) is 36.2 Å². The van der Waals surface area contributed by atoms with Crippen molar-refractivity contribution in [3.8, 4) is 11.5 Å². The van der Waals surface area contributed by atoms with Crippen molar-refractivity contribution >= 4 is 56.6 Å². The standard InChI is InChI=1S/C23H24ClN3O4S.ClH/c24-17-3-1-4-20-22(17)25-23(32-20)27(8-2-7-26-9-11-29-12-10-26)21(28)14-16-5-6-18-19(13-16)31-15-30-18;/h1,3-6,13H,2,7-12,14-15H2;1H. The van der Waals surface area contributed by atoms with Gasteiger partial charge in [0, 0.05) is 26.2 Å². The third kappa shape index (κ3) is 5.53. The predicted octanol–water partition coefficient (Wildman–Crippen LogP) is 4.40. The van der Waals surface area contributed by atoms with Gasteiger partial charge in [0.1, 0.15) is 5.52 Å². The van der Waals surface area contributed by atoms with E-state index in [9.17, 15) is 4.79 Å². The molecule has 0 radical (unpaired) electrons. The molecule has 0 unspecified atom stereocenters. The number of hydrogen-bond donors (Lipinski definition) is 0. The Kier molecular flexibility index (Phi) is 7.93. The van der Waals surface area contributed by atoms with Crippen LogP contribution in [0.3, 0.4) is 0 Å². The van der Waals surface area contributed by atoms with Crippen LogP contribution in [0.4, 0.5) is 5.13 Å². The average molecular weight is 510 g/mol. The molecule has 0 saturated carbocycles. The normalized spacial score (nSPS) is 15.4. The summed E-state index contributed by atoms with van der Waals surface area (Å²) in [7, 11) is 0. The summed E-state index contributed by atoms with van der Waals surface area (Å²) < 4.78 is 17.2. The lowest BCUT2D eigenvalue weighted by Crippen LogP contribution is -2.39. The van der Waals surface area contributed by atoms with Crippen LogP contribution in [0.15, 0.2) is 36.4 Å². The number of benzene rings is 2. The Labute approximate surface area is 207 Å². The molecule has 1 saturated heterocycles. The van der Waals surface area contributed by atoms with Gasteiger partial charge in [0.15, 0.2) is 16.6 Å². The zero-order valence-electron chi connectivity index (χ0n) is 18.0. The first-order valence-electron chi connectivity index (χ1n) is 10.7. The molecule has 7 nitrogen and oxygen atoms in total. The van der Waals surface area contributed by atoms with Crippen LogP contribution in [-0.4, -0.2) is 62.0 Å². The number of halogens is 2. The molecular formula is C23H25Cl2N3O4S. The number of aromatic nitrogens is 1. The molecule has 2 aliphatic rings. The third-order valence-electron chi connectivity index (χ3n) is 5.64. The fraction of sp³-hybridized carbons (Fsp3) is 0.391. The smallest absolute Gasteiger partial charge is 0.233 e. The van der Waals surface area contributed by atoms with Crippen LogP contribution < -0.4 is 14.4 Å². The van der Waals surface area contributed by atoms with Gasteiger partial charge in [-0.25, -0.2) is 4.98 Å². The maximum Gasteiger partial charge on any atom is 0.233 e. The molecule has 0 atom stereocenters. The van der Waals surface area contributed by atoms with Crippen LogP contribution in [0.1, 0.15) is 12.0 Å². The van der Waals surface area contributed by atoms with Crippen molar-refractivity contribution in [3.05, 3.63) is 47.0 Å². The van der Waals surface area contributed by atoms with Gasteiger partial charge in [0.25, 0.3) is 0 Å². The fourth-order valence-corrected chi connectivity index (χ4v) is 5.25. The summed E-state index contributed by atoms with van der Waals surface area (Å²) in [6.07, 6.45) is 1.12. The number of amides is 1. The Morgan fingerprint density at radius 2 is 1.97 bits per heavy atom. The van der Waals surface area contributed by atoms with Gasteiger partial charge in [0.05, 0.1) is 29.4 Å². The average Bonchev–Trinajstić information content (AvgIpc) is 3.44. The molecule has 0 aliphatic carbocycles. The zero-order valence-corrected chi connectivity index (χ0v) is 20.4. The minimum Gasteiger partial charge on any atom is -0.454 e. The number of carbonyl (C=O) groups is 1. The van der Waals surface area contributed by atoms with E-state index in [1.54, 1.807) is 4.90 Å². The van der Waals surface area contributed by atoms with Crippen LogP contribution in [0.2, 0.25) is 5.02 Å². The van der Waals surface area contributed by atoms with Crippen LogP contribution >= 0.6 is 35.3 Å². The lowest BCUT2D eigenvalue weighted by atomic mass is 10.1. The Morgan fingerprint density at radius 3 is 2.79 bits per heavy atom. The minimum absolute atomic E-state index is 0. The Morgan fingerprint density at radius 1 is 1.15 bits per heavy atom. The summed E-state index contributed by atoms with van der Waals surface area (Å²) in [6, 6.07) is 11.4. The van der Waals surface area contributed by atoms with E-state index in [1.165, 1.54) is 11.3 Å². The molecular weight excluding hydrogens is 485 g/mol. The van der Waals surface area contributed by atoms with Crippen LogP contribution in [0, 0.1) is 0 Å². The molecule has 1 fully saturated rings. The number of para-hydroxylation sites is 1. The Bertz CT molecular complexity index is 1120. The first-order valence-corrected chi connectivity index (χ1v) is 11.9. The summed E-state index contributed by atoms with van der Waals surface area (Å²) in [6.45, 7) is 5.13. The molecule has 33 heavy (non-hydrogen) atoms. The van der Waals surface area contributed by atoms with E-state index >= 15 is 0 Å². The van der Waals surface area contributed by atoms with Crippen molar-refractivity contribution in [3.63, 3.8) is 0 Å². The Balaban J connectivity index is 0.00000259. The number of ether oxygens (including phenoxy) is 3. The maximum absolute atomic E-state index is 13.4. The van der Waals surface area contributed by atoms with E-state index in [-0.39, 0.29) is 31.5 Å². The van der Waals surface area contributed by atoms with Crippen molar-refractivity contribution in [2.45, 2.75) is 12.8 Å². The molecule has 1 aromatic heterocycles. The number of nitrogens with zero attached hydrogens (tertiary/aromatic N) is 3. The molecule has 0 N–H and O–H groups in total. The van der Waals surface area contributed by atoms with Crippen molar-refractivity contribution in [1.29, 1.82) is 0 Å². The number of hydrogen-bond acceptors (Lipinski definition) is 7. The Hall–Kier alpha value is -2.10. The molecule has 2 aliphatic heterocycles. The highest BCUT2D eigenvalue weighted by Crippen LogP contribution is 2.35. The monoisotopic (exact) mass is 509 g/mol. The second-order valence-corrected chi connectivity index (χ2v) is 9.22. The van der Waals surface area contributed by atoms with Gasteiger partial charge < -0.3 is 14.2 Å². The molecule has 176 valence electrons. The second kappa shape index (κ2) is 10.9. The first kappa shape index (κ1) is 24.0. The van der Waals surface area contributed by atoms with Gasteiger partial charge in [-0.15, -0.1) is 12.4 Å². The minimum atomic E-state index is 0. The van der Waals surface area contributed by atoms with Crippen LogP contribution in [0.25, 0.3) is 10.2 Å². The highest BCUT2D eigenvalue weighted by molar-refractivity contribution is 7.22. The quantitative estimate of drug-likeness (QED) is 0.470. The van der Waals surface area contributed by atoms with Gasteiger partial charge >= 0.3 is 0 Å². The lowest BCUT2D eigenvalue weighted by Gasteiger charge is -2.27. The molecule has 10 heteroatoms.